The van der Waals surface area contributed by atoms with Gasteiger partial charge in [-0.25, -0.2) is 9.50 Å². The van der Waals surface area contributed by atoms with Gasteiger partial charge in [0, 0.05) is 38.3 Å². The molecule has 8 heteroatoms. The number of aromatic nitrogens is 5. The van der Waals surface area contributed by atoms with Crippen LogP contribution in [-0.4, -0.2) is 54.9 Å². The van der Waals surface area contributed by atoms with Gasteiger partial charge in [-0.3, -0.25) is 9.48 Å². The molecule has 3 aromatic rings. The van der Waals surface area contributed by atoms with Crippen LogP contribution in [0.15, 0.2) is 43.5 Å². The molecule has 1 aliphatic rings. The maximum atomic E-state index is 11.7. The highest BCUT2D eigenvalue weighted by Crippen LogP contribution is 2.34. The molecule has 27 heavy (non-hydrogen) atoms. The number of hydrogen-bond donors (Lipinski definition) is 0. The van der Waals surface area contributed by atoms with E-state index in [2.05, 4.69) is 16.8 Å². The van der Waals surface area contributed by atoms with Crippen LogP contribution >= 0.6 is 0 Å². The summed E-state index contributed by atoms with van der Waals surface area (Å²) in [6, 6.07) is 1.89. The van der Waals surface area contributed by atoms with Crippen LogP contribution in [0.5, 0.6) is 5.88 Å². The molecule has 3 heterocycles. The van der Waals surface area contributed by atoms with Gasteiger partial charge in [0.25, 0.3) is 0 Å². The van der Waals surface area contributed by atoms with Crippen molar-refractivity contribution in [1.29, 1.82) is 0 Å². The second-order valence-corrected chi connectivity index (χ2v) is 6.91. The fourth-order valence-electron chi connectivity index (χ4n) is 3.32. The molecule has 1 saturated carbocycles. The lowest BCUT2D eigenvalue weighted by atomic mass is 9.81. The highest BCUT2D eigenvalue weighted by Gasteiger charge is 2.35. The number of amides is 1. The lowest BCUT2D eigenvalue weighted by Crippen LogP contribution is -2.44. The van der Waals surface area contributed by atoms with Crippen molar-refractivity contribution < 1.29 is 9.53 Å². The van der Waals surface area contributed by atoms with Crippen molar-refractivity contribution in [3.63, 3.8) is 0 Å². The summed E-state index contributed by atoms with van der Waals surface area (Å²) in [5, 5.41) is 8.54. The molecule has 4 rings (SSSR count). The molecule has 2 atom stereocenters. The highest BCUT2D eigenvalue weighted by atomic mass is 16.5. The van der Waals surface area contributed by atoms with E-state index in [0.717, 1.165) is 29.6 Å². The van der Waals surface area contributed by atoms with Gasteiger partial charge in [0.2, 0.25) is 11.8 Å². The molecule has 0 N–H and O–H groups in total. The molecule has 1 unspecified atom stereocenters. The van der Waals surface area contributed by atoms with E-state index < -0.39 is 0 Å². The Hall–Kier alpha value is -3.16. The molecule has 140 valence electrons. The van der Waals surface area contributed by atoms with Crippen LogP contribution < -0.4 is 4.74 Å². The Balaban J connectivity index is 1.57. The van der Waals surface area contributed by atoms with Gasteiger partial charge in [-0.05, 0) is 25.0 Å². The van der Waals surface area contributed by atoms with Crippen LogP contribution in [0.25, 0.3) is 16.8 Å². The normalized spacial score (nSPS) is 18.9. The first kappa shape index (κ1) is 17.3. The van der Waals surface area contributed by atoms with E-state index in [1.54, 1.807) is 33.5 Å². The largest absolute Gasteiger partial charge is 0.472 e. The van der Waals surface area contributed by atoms with Crippen molar-refractivity contribution in [1.82, 2.24) is 29.3 Å². The van der Waals surface area contributed by atoms with Gasteiger partial charge in [-0.1, -0.05) is 6.58 Å². The molecular formula is C19H22N6O2. The maximum absolute atomic E-state index is 11.7. The Morgan fingerprint density at radius 1 is 1.41 bits per heavy atom. The molecule has 0 saturated heterocycles. The first-order valence-corrected chi connectivity index (χ1v) is 8.92. The monoisotopic (exact) mass is 366 g/mol. The number of rotatable bonds is 6. The van der Waals surface area contributed by atoms with Gasteiger partial charge < -0.3 is 9.64 Å². The number of carbonyl (C=O) groups is 1. The molecule has 0 aromatic carbocycles. The summed E-state index contributed by atoms with van der Waals surface area (Å²) in [5.41, 5.74) is 2.48. The van der Waals surface area contributed by atoms with E-state index in [4.69, 9.17) is 9.72 Å². The zero-order valence-corrected chi connectivity index (χ0v) is 15.4. The topological polar surface area (TPSA) is 77.6 Å². The Bertz CT molecular complexity index is 991. The van der Waals surface area contributed by atoms with Crippen LogP contribution in [0.3, 0.4) is 0 Å². The van der Waals surface area contributed by atoms with Crippen molar-refractivity contribution in [3.05, 3.63) is 43.5 Å². The zero-order valence-electron chi connectivity index (χ0n) is 15.4. The van der Waals surface area contributed by atoms with E-state index >= 15 is 0 Å². The quantitative estimate of drug-likeness (QED) is 0.623. The second kappa shape index (κ2) is 6.86. The molecule has 0 radical (unpaired) electrons. The Labute approximate surface area is 157 Å². The van der Waals surface area contributed by atoms with Crippen molar-refractivity contribution in [2.75, 3.05) is 13.6 Å². The molecule has 1 fully saturated rings. The number of carbonyl (C=O) groups excluding carboxylic acids is 1. The van der Waals surface area contributed by atoms with Crippen LogP contribution in [-0.2, 0) is 11.8 Å². The Morgan fingerprint density at radius 2 is 2.26 bits per heavy atom. The van der Waals surface area contributed by atoms with Gasteiger partial charge in [0.1, 0.15) is 11.6 Å². The van der Waals surface area contributed by atoms with Crippen LogP contribution in [0, 0.1) is 5.92 Å². The van der Waals surface area contributed by atoms with Crippen molar-refractivity contribution in [2.24, 2.45) is 13.0 Å². The van der Waals surface area contributed by atoms with Crippen molar-refractivity contribution >= 4 is 11.4 Å². The average molecular weight is 366 g/mol. The van der Waals surface area contributed by atoms with Gasteiger partial charge in [0.15, 0.2) is 0 Å². The summed E-state index contributed by atoms with van der Waals surface area (Å²) < 4.78 is 9.76. The predicted octanol–water partition coefficient (Wildman–Crippen LogP) is 1.93. The minimum atomic E-state index is -0.0736. The first-order valence-electron chi connectivity index (χ1n) is 8.92. The third-order valence-corrected chi connectivity index (χ3v) is 5.03. The summed E-state index contributed by atoms with van der Waals surface area (Å²) in [6.45, 7) is 4.19. The van der Waals surface area contributed by atoms with Crippen LogP contribution in [0.1, 0.15) is 12.8 Å². The fraction of sp³-hybridized carbons (Fsp3) is 0.368. The summed E-state index contributed by atoms with van der Waals surface area (Å²) in [6.07, 6.45) is 10.6. The standard InChI is InChI=1S/C19H22N6O2/c1-4-18(26)23(2)10-13-5-6-17(13)27-19-16-7-8-20-25(16)12-15(22-19)14-9-21-24(3)11-14/h4,7-9,11-13,17H,1,5-6,10H2,2-3H3/t13-,17?/m1/s1. The van der Waals surface area contributed by atoms with Crippen LogP contribution in [0.2, 0.25) is 0 Å². The minimum absolute atomic E-state index is 0.0282. The SMILES string of the molecule is C=CC(=O)N(C)C[C@H]1CCC1Oc1nc(-c2cnn(C)c2)cn2nccc12. The minimum Gasteiger partial charge on any atom is -0.472 e. The fourth-order valence-corrected chi connectivity index (χ4v) is 3.32. The number of likely N-dealkylation sites (N-methyl/N-ethyl adjacent to an activating group) is 1. The predicted molar refractivity (Wildman–Crippen MR) is 100 cm³/mol. The molecule has 3 aromatic heterocycles. The molecule has 0 aliphatic heterocycles. The number of nitrogens with zero attached hydrogens (tertiary/aromatic N) is 6. The van der Waals surface area contributed by atoms with Gasteiger partial charge in [-0.15, -0.1) is 0 Å². The smallest absolute Gasteiger partial charge is 0.245 e. The van der Waals surface area contributed by atoms with Gasteiger partial charge >= 0.3 is 0 Å². The van der Waals surface area contributed by atoms with E-state index in [0.29, 0.717) is 12.4 Å². The third-order valence-electron chi connectivity index (χ3n) is 5.03. The average Bonchev–Trinajstić information content (AvgIpc) is 3.30. The lowest BCUT2D eigenvalue weighted by Gasteiger charge is -2.38. The maximum Gasteiger partial charge on any atom is 0.245 e. The van der Waals surface area contributed by atoms with E-state index in [-0.39, 0.29) is 17.9 Å². The number of hydrogen-bond acceptors (Lipinski definition) is 5. The molecule has 8 nitrogen and oxygen atoms in total. The zero-order chi connectivity index (χ0) is 19.0. The van der Waals surface area contributed by atoms with Crippen molar-refractivity contribution in [3.8, 4) is 17.1 Å². The number of fused-ring (bicyclic) bond motifs is 1. The van der Waals surface area contributed by atoms with Gasteiger partial charge in [-0.2, -0.15) is 10.2 Å². The van der Waals surface area contributed by atoms with Crippen LogP contribution in [0.4, 0.5) is 0 Å². The molecule has 0 spiro atoms. The molecule has 1 amide bonds. The molecular weight excluding hydrogens is 344 g/mol. The first-order chi connectivity index (χ1) is 13.0. The second-order valence-electron chi connectivity index (χ2n) is 6.91. The van der Waals surface area contributed by atoms with E-state index in [1.165, 1.54) is 6.08 Å². The number of ether oxygens (including phenoxy) is 1. The van der Waals surface area contributed by atoms with E-state index in [9.17, 15) is 4.79 Å². The van der Waals surface area contributed by atoms with Gasteiger partial charge in [0.05, 0.1) is 24.3 Å². The summed E-state index contributed by atoms with van der Waals surface area (Å²) in [4.78, 5) is 18.1. The lowest BCUT2D eigenvalue weighted by molar-refractivity contribution is -0.126. The molecule has 0 bridgehead atoms. The highest BCUT2D eigenvalue weighted by molar-refractivity contribution is 5.86. The Morgan fingerprint density at radius 3 is 2.93 bits per heavy atom. The summed E-state index contributed by atoms with van der Waals surface area (Å²) in [7, 11) is 3.66. The van der Waals surface area contributed by atoms with E-state index in [1.807, 2.05) is 25.5 Å². The summed E-state index contributed by atoms with van der Waals surface area (Å²) in [5.74, 6) is 0.766. The summed E-state index contributed by atoms with van der Waals surface area (Å²) >= 11 is 0. The van der Waals surface area contributed by atoms with Crippen molar-refractivity contribution in [2.45, 2.75) is 18.9 Å². The third kappa shape index (κ3) is 3.30. The number of aryl methyl sites for hydroxylation is 1. The Kier molecular flexibility index (Phi) is 4.39. The molecule has 1 aliphatic carbocycles.